The highest BCUT2D eigenvalue weighted by atomic mass is 16.5. The summed E-state index contributed by atoms with van der Waals surface area (Å²) in [5.74, 6) is 0.737. The highest BCUT2D eigenvalue weighted by Crippen LogP contribution is 2.20. The van der Waals surface area contributed by atoms with Crippen LogP contribution in [0.25, 0.3) is 0 Å². The van der Waals surface area contributed by atoms with Gasteiger partial charge in [-0.25, -0.2) is 0 Å². The third-order valence-electron chi connectivity index (χ3n) is 2.71. The molecule has 18 heavy (non-hydrogen) atoms. The zero-order chi connectivity index (χ0) is 13.0. The van der Waals surface area contributed by atoms with Gasteiger partial charge in [-0.15, -0.1) is 0 Å². The first-order chi connectivity index (χ1) is 8.69. The largest absolute Gasteiger partial charge is 0.489 e. The van der Waals surface area contributed by atoms with Gasteiger partial charge in [0.25, 0.3) is 0 Å². The number of ether oxygens (including phenoxy) is 1. The monoisotopic (exact) mass is 238 g/mol. The smallest absolute Gasteiger partial charge is 0.121 e. The van der Waals surface area contributed by atoms with Gasteiger partial charge in [-0.1, -0.05) is 18.2 Å². The topological polar surface area (TPSA) is 59.0 Å². The maximum atomic E-state index is 8.81. The van der Waals surface area contributed by atoms with E-state index in [4.69, 9.17) is 15.7 Å². The van der Waals surface area contributed by atoms with Crippen molar-refractivity contribution in [2.75, 3.05) is 5.73 Å². The molecule has 0 atom stereocenters. The average Bonchev–Trinajstić information content (AvgIpc) is 2.40. The van der Waals surface area contributed by atoms with Crippen LogP contribution >= 0.6 is 0 Å². The summed E-state index contributed by atoms with van der Waals surface area (Å²) in [6.07, 6.45) is 0. The van der Waals surface area contributed by atoms with Crippen LogP contribution in [0, 0.1) is 18.3 Å². The summed E-state index contributed by atoms with van der Waals surface area (Å²) in [6, 6.07) is 15.1. The molecule has 0 aliphatic heterocycles. The minimum absolute atomic E-state index is 0.429. The minimum atomic E-state index is 0.429. The molecular weight excluding hydrogens is 224 g/mol. The number of nitrogens with two attached hydrogens (primary N) is 1. The van der Waals surface area contributed by atoms with Crippen LogP contribution in [-0.4, -0.2) is 0 Å². The van der Waals surface area contributed by atoms with Crippen LogP contribution in [0.1, 0.15) is 16.7 Å². The predicted molar refractivity (Wildman–Crippen MR) is 71.1 cm³/mol. The van der Waals surface area contributed by atoms with Crippen molar-refractivity contribution in [1.82, 2.24) is 0 Å². The van der Waals surface area contributed by atoms with E-state index in [-0.39, 0.29) is 0 Å². The van der Waals surface area contributed by atoms with Crippen LogP contribution < -0.4 is 10.5 Å². The van der Waals surface area contributed by atoms with Crippen LogP contribution in [0.3, 0.4) is 0 Å². The first kappa shape index (κ1) is 12.0. The second-order valence-corrected chi connectivity index (χ2v) is 4.12. The third kappa shape index (κ3) is 2.80. The summed E-state index contributed by atoms with van der Waals surface area (Å²) in [5.41, 5.74) is 9.17. The maximum Gasteiger partial charge on any atom is 0.121 e. The van der Waals surface area contributed by atoms with Crippen LogP contribution in [0.4, 0.5) is 5.69 Å². The number of nitrogens with zero attached hydrogens (tertiary/aromatic N) is 1. The van der Waals surface area contributed by atoms with Crippen molar-refractivity contribution in [3.05, 3.63) is 59.2 Å². The van der Waals surface area contributed by atoms with Crippen molar-refractivity contribution in [3.63, 3.8) is 0 Å². The zero-order valence-electron chi connectivity index (χ0n) is 10.2. The molecule has 2 N–H and O–H groups in total. The summed E-state index contributed by atoms with van der Waals surface area (Å²) >= 11 is 0. The number of nitrogen functional groups attached to an aromatic ring is 1. The number of rotatable bonds is 3. The van der Waals surface area contributed by atoms with Gasteiger partial charge in [0, 0.05) is 11.8 Å². The van der Waals surface area contributed by atoms with Crippen molar-refractivity contribution in [2.45, 2.75) is 13.5 Å². The van der Waals surface area contributed by atoms with Crippen LogP contribution in [0.5, 0.6) is 5.75 Å². The third-order valence-corrected chi connectivity index (χ3v) is 2.71. The number of nitriles is 1. The molecule has 0 saturated carbocycles. The van der Waals surface area contributed by atoms with Crippen molar-refractivity contribution in [2.24, 2.45) is 0 Å². The van der Waals surface area contributed by atoms with Crippen molar-refractivity contribution in [3.8, 4) is 11.8 Å². The lowest BCUT2D eigenvalue weighted by molar-refractivity contribution is 0.306. The highest BCUT2D eigenvalue weighted by Gasteiger charge is 2.00. The first-order valence-electron chi connectivity index (χ1n) is 5.67. The van der Waals surface area contributed by atoms with E-state index >= 15 is 0 Å². The Bertz CT molecular complexity index is 600. The molecule has 2 aromatic carbocycles. The zero-order valence-corrected chi connectivity index (χ0v) is 10.2. The molecule has 0 bridgehead atoms. The average molecular weight is 238 g/mol. The molecule has 3 nitrogen and oxygen atoms in total. The Balaban J connectivity index is 2.07. The van der Waals surface area contributed by atoms with Crippen molar-refractivity contribution in [1.29, 1.82) is 5.26 Å². The summed E-state index contributed by atoms with van der Waals surface area (Å²) in [7, 11) is 0. The quantitative estimate of drug-likeness (QED) is 0.836. The summed E-state index contributed by atoms with van der Waals surface area (Å²) in [4.78, 5) is 0. The number of anilines is 1. The Hall–Kier alpha value is -2.47. The van der Waals surface area contributed by atoms with Gasteiger partial charge in [0.1, 0.15) is 12.4 Å². The fourth-order valence-electron chi connectivity index (χ4n) is 1.61. The number of hydrogen-bond donors (Lipinski definition) is 1. The SMILES string of the molecule is Cc1ccc(OCc2cccc(C#N)c2)cc1N. The Morgan fingerprint density at radius 3 is 2.78 bits per heavy atom. The molecule has 0 aromatic heterocycles. The Labute approximate surface area is 106 Å². The molecule has 0 aliphatic rings. The van der Waals surface area contributed by atoms with Gasteiger partial charge >= 0.3 is 0 Å². The number of aryl methyl sites for hydroxylation is 1. The highest BCUT2D eigenvalue weighted by molar-refractivity contribution is 5.50. The van der Waals surface area contributed by atoms with E-state index in [1.165, 1.54) is 0 Å². The van der Waals surface area contributed by atoms with Gasteiger partial charge in [-0.3, -0.25) is 0 Å². The Kier molecular flexibility index (Phi) is 3.49. The summed E-state index contributed by atoms with van der Waals surface area (Å²) < 4.78 is 5.64. The fourth-order valence-corrected chi connectivity index (χ4v) is 1.61. The van der Waals surface area contributed by atoms with Gasteiger partial charge in [0.05, 0.1) is 11.6 Å². The number of benzene rings is 2. The molecule has 0 amide bonds. The van der Waals surface area contributed by atoms with Crippen LogP contribution in [0.2, 0.25) is 0 Å². The van der Waals surface area contributed by atoms with Crippen molar-refractivity contribution >= 4 is 5.69 Å². The molecule has 0 saturated heterocycles. The van der Waals surface area contributed by atoms with E-state index in [1.807, 2.05) is 43.3 Å². The maximum absolute atomic E-state index is 8.81. The normalized spacial score (nSPS) is 9.78. The molecule has 3 heteroatoms. The Morgan fingerprint density at radius 2 is 2.06 bits per heavy atom. The molecule has 0 spiro atoms. The predicted octanol–water partition coefficient (Wildman–Crippen LogP) is 3.03. The summed E-state index contributed by atoms with van der Waals surface area (Å²) in [6.45, 7) is 2.38. The minimum Gasteiger partial charge on any atom is -0.489 e. The van der Waals surface area contributed by atoms with Crippen LogP contribution in [0.15, 0.2) is 42.5 Å². The summed E-state index contributed by atoms with van der Waals surface area (Å²) in [5, 5.41) is 8.81. The molecular formula is C15H14N2O. The lowest BCUT2D eigenvalue weighted by atomic mass is 10.1. The van der Waals surface area contributed by atoms with E-state index in [2.05, 4.69) is 6.07 Å². The van der Waals surface area contributed by atoms with Gasteiger partial charge in [0.15, 0.2) is 0 Å². The van der Waals surface area contributed by atoms with Crippen LogP contribution in [-0.2, 0) is 6.61 Å². The second-order valence-electron chi connectivity index (χ2n) is 4.12. The van der Waals surface area contributed by atoms with E-state index in [0.717, 1.165) is 22.6 Å². The molecule has 2 rings (SSSR count). The van der Waals surface area contributed by atoms with E-state index in [9.17, 15) is 0 Å². The fraction of sp³-hybridized carbons (Fsp3) is 0.133. The Morgan fingerprint density at radius 1 is 1.22 bits per heavy atom. The number of hydrogen-bond acceptors (Lipinski definition) is 3. The lowest BCUT2D eigenvalue weighted by Gasteiger charge is -2.08. The molecule has 0 heterocycles. The van der Waals surface area contributed by atoms with Crippen molar-refractivity contribution < 1.29 is 4.74 Å². The van der Waals surface area contributed by atoms with Gasteiger partial charge in [0.2, 0.25) is 0 Å². The van der Waals surface area contributed by atoms with Gasteiger partial charge < -0.3 is 10.5 Å². The molecule has 0 aliphatic carbocycles. The van der Waals surface area contributed by atoms with Gasteiger partial charge in [-0.2, -0.15) is 5.26 Å². The lowest BCUT2D eigenvalue weighted by Crippen LogP contribution is -1.97. The molecule has 0 unspecified atom stereocenters. The second kappa shape index (κ2) is 5.24. The van der Waals surface area contributed by atoms with E-state index in [0.29, 0.717) is 12.2 Å². The molecule has 2 aromatic rings. The molecule has 0 radical (unpaired) electrons. The first-order valence-corrected chi connectivity index (χ1v) is 5.67. The molecule has 0 fully saturated rings. The van der Waals surface area contributed by atoms with E-state index in [1.54, 1.807) is 6.07 Å². The van der Waals surface area contributed by atoms with E-state index < -0.39 is 0 Å². The molecule has 90 valence electrons. The van der Waals surface area contributed by atoms with Gasteiger partial charge in [-0.05, 0) is 36.2 Å². The standard InChI is InChI=1S/C15H14N2O/c1-11-5-6-14(8-15(11)17)18-10-13-4-2-3-12(7-13)9-16/h2-8H,10,17H2,1H3.